The Balaban J connectivity index is 1.95. The van der Waals surface area contributed by atoms with Gasteiger partial charge in [0.05, 0.1) is 5.69 Å². The predicted octanol–water partition coefficient (Wildman–Crippen LogP) is 4.24. The summed E-state index contributed by atoms with van der Waals surface area (Å²) in [6.07, 6.45) is 5.76. The highest BCUT2D eigenvalue weighted by Gasteiger charge is 2.22. The van der Waals surface area contributed by atoms with Crippen LogP contribution in [-0.2, 0) is 0 Å². The first-order chi connectivity index (χ1) is 7.84. The fraction of sp³-hybridized carbons (Fsp3) is 0.333. The quantitative estimate of drug-likeness (QED) is 0.828. The molecule has 4 heteroatoms. The molecule has 2 nitrogen and oxygen atoms in total. The van der Waals surface area contributed by atoms with Gasteiger partial charge in [0.25, 0.3) is 0 Å². The van der Waals surface area contributed by atoms with Crippen LogP contribution in [0.1, 0.15) is 30.9 Å². The van der Waals surface area contributed by atoms with Gasteiger partial charge in [0.15, 0.2) is 0 Å². The van der Waals surface area contributed by atoms with E-state index in [1.807, 2.05) is 18.3 Å². The molecule has 0 spiro atoms. The van der Waals surface area contributed by atoms with Gasteiger partial charge in [-0.15, -0.1) is 11.3 Å². The van der Waals surface area contributed by atoms with Crippen molar-refractivity contribution < 1.29 is 0 Å². The summed E-state index contributed by atoms with van der Waals surface area (Å²) in [6.45, 7) is 0. The summed E-state index contributed by atoms with van der Waals surface area (Å²) in [5.41, 5.74) is 2.21. The minimum atomic E-state index is 0.701. The molecule has 0 radical (unpaired) electrons. The minimum absolute atomic E-state index is 0.701. The Morgan fingerprint density at radius 1 is 1.38 bits per heavy atom. The lowest BCUT2D eigenvalue weighted by Crippen LogP contribution is -2.08. The second-order valence-corrected chi connectivity index (χ2v) is 5.75. The summed E-state index contributed by atoms with van der Waals surface area (Å²) in [6, 6.07) is 3.93. The summed E-state index contributed by atoms with van der Waals surface area (Å²) in [7, 11) is 0. The Morgan fingerprint density at radius 3 is 2.94 bits per heavy atom. The number of aromatic nitrogens is 2. The lowest BCUT2D eigenvalue weighted by Gasteiger charge is -2.22. The topological polar surface area (TPSA) is 25.8 Å². The van der Waals surface area contributed by atoms with Crippen molar-refractivity contribution in [2.75, 3.05) is 0 Å². The first-order valence-electron chi connectivity index (χ1n) is 5.41. The Labute approximate surface area is 107 Å². The second kappa shape index (κ2) is 4.26. The average molecular weight is 295 g/mol. The maximum Gasteiger partial charge on any atom is 0.143 e. The maximum absolute atomic E-state index is 4.69. The molecular weight excluding hydrogens is 284 g/mol. The summed E-state index contributed by atoms with van der Waals surface area (Å²) < 4.78 is 1.02. The van der Waals surface area contributed by atoms with E-state index in [0.29, 0.717) is 5.92 Å². The van der Waals surface area contributed by atoms with Crippen molar-refractivity contribution in [2.45, 2.75) is 25.2 Å². The number of hydrogen-bond donors (Lipinski definition) is 0. The zero-order valence-corrected chi connectivity index (χ0v) is 11.1. The Bertz CT molecular complexity index is 505. The first kappa shape index (κ1) is 10.4. The van der Waals surface area contributed by atoms with E-state index in [1.165, 1.54) is 25.0 Å². The Hall–Kier alpha value is -0.740. The molecule has 2 aromatic heterocycles. The van der Waals surface area contributed by atoms with Crippen LogP contribution in [0.5, 0.6) is 0 Å². The van der Waals surface area contributed by atoms with Crippen LogP contribution in [0.2, 0.25) is 0 Å². The molecule has 0 aliphatic heterocycles. The van der Waals surface area contributed by atoms with E-state index in [1.54, 1.807) is 11.3 Å². The molecule has 2 heterocycles. The molecule has 0 aromatic carbocycles. The van der Waals surface area contributed by atoms with Crippen molar-refractivity contribution in [1.82, 2.24) is 9.97 Å². The van der Waals surface area contributed by atoms with Crippen molar-refractivity contribution in [1.29, 1.82) is 0 Å². The highest BCUT2D eigenvalue weighted by atomic mass is 79.9. The van der Waals surface area contributed by atoms with Crippen molar-refractivity contribution in [3.63, 3.8) is 0 Å². The molecule has 0 unspecified atom stereocenters. The Kier molecular flexibility index (Phi) is 2.77. The van der Waals surface area contributed by atoms with Gasteiger partial charge in [-0.05, 0) is 40.9 Å². The maximum atomic E-state index is 4.69. The van der Waals surface area contributed by atoms with Gasteiger partial charge in [-0.2, -0.15) is 0 Å². The monoisotopic (exact) mass is 294 g/mol. The van der Waals surface area contributed by atoms with E-state index in [-0.39, 0.29) is 0 Å². The molecule has 0 atom stereocenters. The number of thiazole rings is 1. The summed E-state index contributed by atoms with van der Waals surface area (Å²) >= 11 is 5.21. The fourth-order valence-corrected chi connectivity index (χ4v) is 3.31. The molecule has 1 aliphatic carbocycles. The SMILES string of the molecule is Brc1cccnc1-c1nc(C2CCC2)cs1. The van der Waals surface area contributed by atoms with Gasteiger partial charge in [0.2, 0.25) is 0 Å². The van der Waals surface area contributed by atoms with E-state index in [4.69, 9.17) is 0 Å². The number of nitrogens with zero attached hydrogens (tertiary/aromatic N) is 2. The molecule has 0 bridgehead atoms. The van der Waals surface area contributed by atoms with Crippen LogP contribution >= 0.6 is 27.3 Å². The molecule has 3 rings (SSSR count). The molecule has 2 aromatic rings. The molecule has 1 saturated carbocycles. The van der Waals surface area contributed by atoms with Gasteiger partial charge in [-0.1, -0.05) is 6.42 Å². The standard InChI is InChI=1S/C12H11BrN2S/c13-9-5-2-6-14-11(9)12-15-10(7-16-12)8-3-1-4-8/h2,5-8H,1,3-4H2. The number of halogens is 1. The smallest absolute Gasteiger partial charge is 0.143 e. The predicted molar refractivity (Wildman–Crippen MR) is 69.6 cm³/mol. The third-order valence-electron chi connectivity index (χ3n) is 3.01. The molecule has 1 fully saturated rings. The molecule has 82 valence electrons. The summed E-state index contributed by atoms with van der Waals surface area (Å²) in [4.78, 5) is 9.06. The van der Waals surface area contributed by atoms with Gasteiger partial charge in [0, 0.05) is 22.0 Å². The Morgan fingerprint density at radius 2 is 2.25 bits per heavy atom. The molecule has 0 N–H and O–H groups in total. The first-order valence-corrected chi connectivity index (χ1v) is 7.08. The van der Waals surface area contributed by atoms with E-state index in [0.717, 1.165) is 15.2 Å². The van der Waals surface area contributed by atoms with Crippen LogP contribution in [0.15, 0.2) is 28.2 Å². The zero-order chi connectivity index (χ0) is 11.0. The van der Waals surface area contributed by atoms with Gasteiger partial charge >= 0.3 is 0 Å². The molecule has 0 saturated heterocycles. The zero-order valence-electron chi connectivity index (χ0n) is 8.69. The molecular formula is C12H11BrN2S. The van der Waals surface area contributed by atoms with Crippen molar-refractivity contribution in [3.05, 3.63) is 33.9 Å². The average Bonchev–Trinajstić information content (AvgIpc) is 2.65. The van der Waals surface area contributed by atoms with E-state index < -0.39 is 0 Å². The van der Waals surface area contributed by atoms with E-state index in [2.05, 4.69) is 31.3 Å². The van der Waals surface area contributed by atoms with Crippen LogP contribution in [0.3, 0.4) is 0 Å². The third-order valence-corrected chi connectivity index (χ3v) is 4.51. The van der Waals surface area contributed by atoms with Crippen molar-refractivity contribution >= 4 is 27.3 Å². The molecule has 0 amide bonds. The summed E-state index contributed by atoms with van der Waals surface area (Å²) in [5.74, 6) is 0.701. The normalized spacial score (nSPS) is 16.1. The highest BCUT2D eigenvalue weighted by molar-refractivity contribution is 9.10. The van der Waals surface area contributed by atoms with Crippen molar-refractivity contribution in [2.24, 2.45) is 0 Å². The minimum Gasteiger partial charge on any atom is -0.253 e. The van der Waals surface area contributed by atoms with Crippen LogP contribution < -0.4 is 0 Å². The fourth-order valence-electron chi connectivity index (χ4n) is 1.83. The number of rotatable bonds is 2. The van der Waals surface area contributed by atoms with Gasteiger partial charge < -0.3 is 0 Å². The van der Waals surface area contributed by atoms with Crippen molar-refractivity contribution in [3.8, 4) is 10.7 Å². The lowest BCUT2D eigenvalue weighted by molar-refractivity contribution is 0.413. The van der Waals surface area contributed by atoms with E-state index in [9.17, 15) is 0 Å². The lowest BCUT2D eigenvalue weighted by atomic mass is 9.83. The van der Waals surface area contributed by atoms with Gasteiger partial charge in [0.1, 0.15) is 10.7 Å². The molecule has 1 aliphatic rings. The largest absolute Gasteiger partial charge is 0.253 e. The van der Waals surface area contributed by atoms with Crippen LogP contribution in [0.4, 0.5) is 0 Å². The molecule has 16 heavy (non-hydrogen) atoms. The second-order valence-electron chi connectivity index (χ2n) is 4.04. The summed E-state index contributed by atoms with van der Waals surface area (Å²) in [5, 5.41) is 3.20. The van der Waals surface area contributed by atoms with Crippen LogP contribution in [0, 0.1) is 0 Å². The number of pyridine rings is 1. The van der Waals surface area contributed by atoms with E-state index >= 15 is 0 Å². The van der Waals surface area contributed by atoms with Crippen LogP contribution in [0.25, 0.3) is 10.7 Å². The van der Waals surface area contributed by atoms with Gasteiger partial charge in [-0.3, -0.25) is 4.98 Å². The highest BCUT2D eigenvalue weighted by Crippen LogP contribution is 2.38. The third kappa shape index (κ3) is 1.80. The number of hydrogen-bond acceptors (Lipinski definition) is 3. The van der Waals surface area contributed by atoms with Gasteiger partial charge in [-0.25, -0.2) is 4.98 Å². The van der Waals surface area contributed by atoms with Crippen LogP contribution in [-0.4, -0.2) is 9.97 Å².